The van der Waals surface area contributed by atoms with E-state index in [4.69, 9.17) is 21.2 Å². The lowest BCUT2D eigenvalue weighted by atomic mass is 10.1. The molecule has 0 radical (unpaired) electrons. The molecule has 0 spiro atoms. The van der Waals surface area contributed by atoms with Crippen LogP contribution in [0, 0.1) is 0 Å². The number of methoxy groups -OCH3 is 1. The largest absolute Gasteiger partial charge is 0.380 e. The van der Waals surface area contributed by atoms with Gasteiger partial charge < -0.3 is 9.57 Å². The minimum absolute atomic E-state index is 0.539. The van der Waals surface area contributed by atoms with E-state index in [1.54, 1.807) is 14.2 Å². The van der Waals surface area contributed by atoms with Crippen molar-refractivity contribution in [3.05, 3.63) is 34.3 Å². The molecule has 0 saturated carbocycles. The van der Waals surface area contributed by atoms with Crippen LogP contribution in [0.4, 0.5) is 0 Å². The van der Waals surface area contributed by atoms with E-state index >= 15 is 0 Å². The summed E-state index contributed by atoms with van der Waals surface area (Å²) in [7, 11) is 3.23. The molecule has 78 valence electrons. The number of hydroxylamine groups is 1. The van der Waals surface area contributed by atoms with Crippen LogP contribution in [-0.2, 0) is 22.7 Å². The zero-order chi connectivity index (χ0) is 10.4. The summed E-state index contributed by atoms with van der Waals surface area (Å²) in [6.07, 6.45) is 0. The van der Waals surface area contributed by atoms with Gasteiger partial charge in [0.2, 0.25) is 0 Å². The standard InChI is InChI=1S/C10H14ClNO2/c1-13-7-9-4-3-8(5-10(9)11)6-12-14-2/h3-5,12H,6-7H2,1-2H3. The van der Waals surface area contributed by atoms with Crippen molar-refractivity contribution in [2.75, 3.05) is 14.2 Å². The Morgan fingerprint density at radius 1 is 1.36 bits per heavy atom. The van der Waals surface area contributed by atoms with Crippen LogP contribution in [-0.4, -0.2) is 14.2 Å². The van der Waals surface area contributed by atoms with Crippen LogP contribution >= 0.6 is 11.6 Å². The number of halogens is 1. The van der Waals surface area contributed by atoms with E-state index in [1.165, 1.54) is 0 Å². The highest BCUT2D eigenvalue weighted by atomic mass is 35.5. The first-order chi connectivity index (χ1) is 6.77. The first kappa shape index (κ1) is 11.5. The molecule has 0 aliphatic rings. The van der Waals surface area contributed by atoms with Crippen molar-refractivity contribution in [3.63, 3.8) is 0 Å². The Bertz CT molecular complexity index is 291. The lowest BCUT2D eigenvalue weighted by molar-refractivity contribution is 0.0867. The number of nitrogens with one attached hydrogen (secondary N) is 1. The lowest BCUT2D eigenvalue weighted by Gasteiger charge is -2.06. The van der Waals surface area contributed by atoms with E-state index in [0.717, 1.165) is 16.1 Å². The molecule has 0 aliphatic heterocycles. The summed E-state index contributed by atoms with van der Waals surface area (Å²) < 4.78 is 5.00. The Kier molecular flexibility index (Phi) is 4.90. The molecule has 0 aliphatic carbocycles. The smallest absolute Gasteiger partial charge is 0.0727 e. The molecule has 3 nitrogen and oxygen atoms in total. The maximum Gasteiger partial charge on any atom is 0.0727 e. The third kappa shape index (κ3) is 3.27. The second-order valence-electron chi connectivity index (χ2n) is 2.88. The van der Waals surface area contributed by atoms with Crippen molar-refractivity contribution >= 4 is 11.6 Å². The second-order valence-corrected chi connectivity index (χ2v) is 3.29. The van der Waals surface area contributed by atoms with Crippen molar-refractivity contribution in [2.24, 2.45) is 0 Å². The van der Waals surface area contributed by atoms with E-state index in [-0.39, 0.29) is 0 Å². The molecule has 1 aromatic rings. The van der Waals surface area contributed by atoms with Crippen LogP contribution in [0.1, 0.15) is 11.1 Å². The summed E-state index contributed by atoms with van der Waals surface area (Å²) in [6.45, 7) is 1.18. The van der Waals surface area contributed by atoms with Gasteiger partial charge in [0.25, 0.3) is 0 Å². The monoisotopic (exact) mass is 215 g/mol. The fraction of sp³-hybridized carbons (Fsp3) is 0.400. The van der Waals surface area contributed by atoms with Gasteiger partial charge in [-0.3, -0.25) is 0 Å². The molecular formula is C10H14ClNO2. The van der Waals surface area contributed by atoms with Gasteiger partial charge in [-0.25, -0.2) is 0 Å². The SMILES string of the molecule is COCc1ccc(CNOC)cc1Cl. The summed E-state index contributed by atoms with van der Waals surface area (Å²) in [6, 6.07) is 5.85. The van der Waals surface area contributed by atoms with Gasteiger partial charge in [-0.2, -0.15) is 5.48 Å². The van der Waals surface area contributed by atoms with E-state index in [1.807, 2.05) is 18.2 Å². The molecular weight excluding hydrogens is 202 g/mol. The first-order valence-corrected chi connectivity index (χ1v) is 4.67. The molecule has 1 aromatic carbocycles. The highest BCUT2D eigenvalue weighted by molar-refractivity contribution is 6.31. The maximum absolute atomic E-state index is 6.04. The summed E-state index contributed by atoms with van der Waals surface area (Å²) in [5.74, 6) is 0. The number of rotatable bonds is 5. The van der Waals surface area contributed by atoms with Gasteiger partial charge >= 0.3 is 0 Å². The van der Waals surface area contributed by atoms with Gasteiger partial charge in [0.1, 0.15) is 0 Å². The molecule has 0 amide bonds. The Labute approximate surface area is 88.9 Å². The number of benzene rings is 1. The molecule has 0 heterocycles. The van der Waals surface area contributed by atoms with E-state index in [0.29, 0.717) is 13.2 Å². The van der Waals surface area contributed by atoms with Gasteiger partial charge in [0.15, 0.2) is 0 Å². The second kappa shape index (κ2) is 5.98. The molecule has 0 fully saturated rings. The number of ether oxygens (including phenoxy) is 1. The van der Waals surface area contributed by atoms with Crippen LogP contribution in [0.5, 0.6) is 0 Å². The predicted molar refractivity (Wildman–Crippen MR) is 56.0 cm³/mol. The Morgan fingerprint density at radius 2 is 2.14 bits per heavy atom. The zero-order valence-corrected chi connectivity index (χ0v) is 9.10. The van der Waals surface area contributed by atoms with Gasteiger partial charge in [-0.15, -0.1) is 0 Å². The Hall–Kier alpha value is -0.610. The summed E-state index contributed by atoms with van der Waals surface area (Å²) in [5, 5.41) is 0.724. The minimum atomic E-state index is 0.539. The van der Waals surface area contributed by atoms with Gasteiger partial charge in [0, 0.05) is 18.7 Å². The van der Waals surface area contributed by atoms with Crippen molar-refractivity contribution in [1.29, 1.82) is 0 Å². The maximum atomic E-state index is 6.04. The number of hydrogen-bond donors (Lipinski definition) is 1. The van der Waals surface area contributed by atoms with Crippen LogP contribution in [0.2, 0.25) is 5.02 Å². The van der Waals surface area contributed by atoms with E-state index in [2.05, 4.69) is 5.48 Å². The molecule has 0 saturated heterocycles. The van der Waals surface area contributed by atoms with Crippen molar-refractivity contribution < 1.29 is 9.57 Å². The van der Waals surface area contributed by atoms with Crippen molar-refractivity contribution in [2.45, 2.75) is 13.2 Å². The molecule has 0 aromatic heterocycles. The quantitative estimate of drug-likeness (QED) is 0.764. The Morgan fingerprint density at radius 3 is 2.71 bits per heavy atom. The molecule has 0 atom stereocenters. The third-order valence-electron chi connectivity index (χ3n) is 1.84. The topological polar surface area (TPSA) is 30.5 Å². The molecule has 0 bridgehead atoms. The van der Waals surface area contributed by atoms with Gasteiger partial charge in [0.05, 0.1) is 13.7 Å². The predicted octanol–water partition coefficient (Wildman–Crippen LogP) is 2.14. The van der Waals surface area contributed by atoms with Crippen LogP contribution in [0.15, 0.2) is 18.2 Å². The summed E-state index contributed by atoms with van der Waals surface area (Å²) in [5.41, 5.74) is 4.83. The average Bonchev–Trinajstić information content (AvgIpc) is 2.19. The molecule has 4 heteroatoms. The minimum Gasteiger partial charge on any atom is -0.380 e. The molecule has 0 unspecified atom stereocenters. The third-order valence-corrected chi connectivity index (χ3v) is 2.19. The van der Waals surface area contributed by atoms with Crippen LogP contribution < -0.4 is 5.48 Å². The van der Waals surface area contributed by atoms with Crippen LogP contribution in [0.3, 0.4) is 0 Å². The van der Waals surface area contributed by atoms with Crippen molar-refractivity contribution in [1.82, 2.24) is 5.48 Å². The highest BCUT2D eigenvalue weighted by Gasteiger charge is 2.01. The lowest BCUT2D eigenvalue weighted by Crippen LogP contribution is -2.10. The van der Waals surface area contributed by atoms with Crippen molar-refractivity contribution in [3.8, 4) is 0 Å². The summed E-state index contributed by atoms with van der Waals surface area (Å²) >= 11 is 6.04. The van der Waals surface area contributed by atoms with E-state index in [9.17, 15) is 0 Å². The first-order valence-electron chi connectivity index (χ1n) is 4.30. The van der Waals surface area contributed by atoms with Gasteiger partial charge in [-0.1, -0.05) is 23.7 Å². The van der Waals surface area contributed by atoms with Crippen LogP contribution in [0.25, 0.3) is 0 Å². The molecule has 1 N–H and O–H groups in total. The summed E-state index contributed by atoms with van der Waals surface area (Å²) in [4.78, 5) is 4.75. The van der Waals surface area contributed by atoms with E-state index < -0.39 is 0 Å². The molecule has 14 heavy (non-hydrogen) atoms. The fourth-order valence-corrected chi connectivity index (χ4v) is 1.39. The fourth-order valence-electron chi connectivity index (χ4n) is 1.13. The normalized spacial score (nSPS) is 10.5. The number of hydrogen-bond acceptors (Lipinski definition) is 3. The molecule has 1 rings (SSSR count). The zero-order valence-electron chi connectivity index (χ0n) is 8.34. The Balaban J connectivity index is 2.68. The highest BCUT2D eigenvalue weighted by Crippen LogP contribution is 2.18. The van der Waals surface area contributed by atoms with Gasteiger partial charge in [-0.05, 0) is 17.2 Å². The average molecular weight is 216 g/mol.